The molecule has 3 saturated heterocycles. The summed E-state index contributed by atoms with van der Waals surface area (Å²) in [6, 6.07) is 13.1. The van der Waals surface area contributed by atoms with Crippen LogP contribution in [0.15, 0.2) is 47.4 Å². The molecule has 7 nitrogen and oxygen atoms in total. The second-order valence-electron chi connectivity index (χ2n) is 9.86. The van der Waals surface area contributed by atoms with Crippen molar-refractivity contribution in [3.05, 3.63) is 59.4 Å². The lowest BCUT2D eigenvalue weighted by Crippen LogP contribution is -2.46. The van der Waals surface area contributed by atoms with Crippen LogP contribution in [0, 0.1) is 5.82 Å². The third kappa shape index (κ3) is 5.68. The molecule has 3 fully saturated rings. The van der Waals surface area contributed by atoms with Gasteiger partial charge in [-0.1, -0.05) is 24.6 Å². The minimum atomic E-state index is -1.10. The molecule has 192 valence electrons. The average molecular weight is 513 g/mol. The van der Waals surface area contributed by atoms with E-state index in [2.05, 4.69) is 26.7 Å². The molecule has 3 aliphatic rings. The Bertz CT molecular complexity index is 1150. The Morgan fingerprint density at radius 2 is 1.72 bits per heavy atom. The summed E-state index contributed by atoms with van der Waals surface area (Å²) in [5.74, 6) is -1.44. The number of hydrogen-bond acceptors (Lipinski definition) is 5. The van der Waals surface area contributed by atoms with Gasteiger partial charge in [0.1, 0.15) is 16.8 Å². The number of nitrogens with zero attached hydrogens (tertiary/aromatic N) is 3. The van der Waals surface area contributed by atoms with Crippen LogP contribution >= 0.6 is 0 Å². The molecule has 2 amide bonds. The Balaban J connectivity index is 1.17. The molecule has 3 heterocycles. The van der Waals surface area contributed by atoms with Crippen LogP contribution in [0.25, 0.3) is 0 Å². The predicted molar refractivity (Wildman–Crippen MR) is 137 cm³/mol. The number of anilines is 1. The number of nitrogens with one attached hydrogen (secondary N) is 1. The molecule has 0 radical (unpaired) electrons. The SMILES string of the molecule is O=C1CCC(c2ccc(N3CCN(Cc4cccc(S(=O)N5CCCCC5)c4)CC3)c(F)c2)C(=O)N1. The molecule has 0 bridgehead atoms. The van der Waals surface area contributed by atoms with Crippen molar-refractivity contribution in [2.45, 2.75) is 49.5 Å². The van der Waals surface area contributed by atoms with Gasteiger partial charge in [0.15, 0.2) is 0 Å². The molecule has 3 aliphatic heterocycles. The van der Waals surface area contributed by atoms with Crippen LogP contribution < -0.4 is 10.2 Å². The molecule has 2 atom stereocenters. The summed E-state index contributed by atoms with van der Waals surface area (Å²) in [7, 11) is -1.10. The minimum Gasteiger partial charge on any atom is -0.367 e. The molecule has 9 heteroatoms. The fourth-order valence-corrected chi connectivity index (χ4v) is 6.68. The molecule has 2 aromatic carbocycles. The third-order valence-corrected chi connectivity index (χ3v) is 8.87. The van der Waals surface area contributed by atoms with E-state index in [-0.39, 0.29) is 24.1 Å². The summed E-state index contributed by atoms with van der Waals surface area (Å²) in [4.78, 5) is 28.8. The van der Waals surface area contributed by atoms with E-state index in [1.807, 2.05) is 17.0 Å². The number of piperazine rings is 1. The number of amides is 2. The molecular formula is C27H33FN4O3S. The number of rotatable bonds is 6. The molecule has 5 rings (SSSR count). The first-order valence-electron chi connectivity index (χ1n) is 12.8. The van der Waals surface area contributed by atoms with Crippen LogP contribution in [-0.4, -0.2) is 64.5 Å². The van der Waals surface area contributed by atoms with E-state index in [1.54, 1.807) is 12.1 Å². The molecule has 0 spiro atoms. The number of imide groups is 1. The van der Waals surface area contributed by atoms with Crippen LogP contribution in [0.5, 0.6) is 0 Å². The van der Waals surface area contributed by atoms with Gasteiger partial charge < -0.3 is 4.90 Å². The summed E-state index contributed by atoms with van der Waals surface area (Å²) < 4.78 is 30.1. The van der Waals surface area contributed by atoms with Gasteiger partial charge in [-0.15, -0.1) is 0 Å². The topological polar surface area (TPSA) is 73.0 Å². The van der Waals surface area contributed by atoms with Gasteiger partial charge in [0, 0.05) is 52.2 Å². The van der Waals surface area contributed by atoms with E-state index in [9.17, 15) is 13.8 Å². The molecule has 1 N–H and O–H groups in total. The van der Waals surface area contributed by atoms with Gasteiger partial charge in [0.2, 0.25) is 11.8 Å². The summed E-state index contributed by atoms with van der Waals surface area (Å²) in [6.45, 7) is 5.56. The van der Waals surface area contributed by atoms with Gasteiger partial charge in [-0.05, 0) is 54.7 Å². The Labute approximate surface area is 214 Å². The highest BCUT2D eigenvalue weighted by molar-refractivity contribution is 7.82. The van der Waals surface area contributed by atoms with E-state index in [0.29, 0.717) is 30.8 Å². The standard InChI is InChI=1S/C27H33FN4O3S/c28-24-18-21(23-8-10-26(33)29-27(23)34)7-9-25(24)31-15-13-30(14-16-31)19-20-5-4-6-22(17-20)36(35)32-11-2-1-3-12-32/h4-7,9,17-18,23H,1-3,8,10-16,19H2,(H,29,33,34). The van der Waals surface area contributed by atoms with Crippen molar-refractivity contribution >= 4 is 28.5 Å². The van der Waals surface area contributed by atoms with Crippen molar-refractivity contribution in [1.82, 2.24) is 14.5 Å². The van der Waals surface area contributed by atoms with Crippen LogP contribution in [0.3, 0.4) is 0 Å². The Morgan fingerprint density at radius 3 is 2.44 bits per heavy atom. The summed E-state index contributed by atoms with van der Waals surface area (Å²) in [5.41, 5.74) is 2.30. The smallest absolute Gasteiger partial charge is 0.234 e. The first kappa shape index (κ1) is 25.0. The first-order valence-corrected chi connectivity index (χ1v) is 13.9. The van der Waals surface area contributed by atoms with Crippen molar-refractivity contribution in [1.29, 1.82) is 0 Å². The van der Waals surface area contributed by atoms with Gasteiger partial charge in [-0.25, -0.2) is 12.9 Å². The lowest BCUT2D eigenvalue weighted by Gasteiger charge is -2.36. The van der Waals surface area contributed by atoms with Gasteiger partial charge in [-0.3, -0.25) is 19.8 Å². The van der Waals surface area contributed by atoms with Gasteiger partial charge in [0.05, 0.1) is 16.5 Å². The zero-order valence-corrected chi connectivity index (χ0v) is 21.3. The number of carbonyl (C=O) groups excluding carboxylic acids is 2. The van der Waals surface area contributed by atoms with Crippen LogP contribution in [0.2, 0.25) is 0 Å². The molecule has 2 aromatic rings. The summed E-state index contributed by atoms with van der Waals surface area (Å²) in [5, 5.41) is 2.34. The zero-order chi connectivity index (χ0) is 25.1. The second-order valence-corrected chi connectivity index (χ2v) is 11.4. The molecule has 36 heavy (non-hydrogen) atoms. The van der Waals surface area contributed by atoms with Gasteiger partial charge in [-0.2, -0.15) is 0 Å². The number of hydrogen-bond donors (Lipinski definition) is 1. The van der Waals surface area contributed by atoms with E-state index >= 15 is 4.39 Å². The van der Waals surface area contributed by atoms with Crippen molar-refractivity contribution in [3.8, 4) is 0 Å². The number of halogens is 1. The normalized spacial score (nSPS) is 22.9. The summed E-state index contributed by atoms with van der Waals surface area (Å²) in [6.07, 6.45) is 4.12. The third-order valence-electron chi connectivity index (χ3n) is 7.38. The van der Waals surface area contributed by atoms with E-state index < -0.39 is 16.9 Å². The fourth-order valence-electron chi connectivity index (χ4n) is 5.35. The van der Waals surface area contributed by atoms with E-state index in [4.69, 9.17) is 0 Å². The lowest BCUT2D eigenvalue weighted by molar-refractivity contribution is -0.134. The van der Waals surface area contributed by atoms with Crippen LogP contribution in [0.4, 0.5) is 10.1 Å². The highest BCUT2D eigenvalue weighted by Gasteiger charge is 2.29. The van der Waals surface area contributed by atoms with Crippen molar-refractivity contribution < 1.29 is 18.2 Å². The van der Waals surface area contributed by atoms with Gasteiger partial charge in [0.25, 0.3) is 0 Å². The number of piperidine rings is 2. The van der Waals surface area contributed by atoms with E-state index in [0.717, 1.165) is 56.0 Å². The van der Waals surface area contributed by atoms with Gasteiger partial charge >= 0.3 is 0 Å². The molecule has 0 aromatic heterocycles. The Hall–Kier alpha value is -2.62. The Kier molecular flexibility index (Phi) is 7.79. The maximum absolute atomic E-state index is 15.0. The Morgan fingerprint density at radius 1 is 0.944 bits per heavy atom. The maximum atomic E-state index is 15.0. The van der Waals surface area contributed by atoms with E-state index in [1.165, 1.54) is 12.5 Å². The number of benzene rings is 2. The molecule has 0 aliphatic carbocycles. The summed E-state index contributed by atoms with van der Waals surface area (Å²) >= 11 is 0. The van der Waals surface area contributed by atoms with Crippen molar-refractivity contribution in [2.24, 2.45) is 0 Å². The minimum absolute atomic E-state index is 0.270. The molecule has 2 unspecified atom stereocenters. The first-order chi connectivity index (χ1) is 17.5. The maximum Gasteiger partial charge on any atom is 0.234 e. The predicted octanol–water partition coefficient (Wildman–Crippen LogP) is 3.18. The largest absolute Gasteiger partial charge is 0.367 e. The fraction of sp³-hybridized carbons (Fsp3) is 0.481. The van der Waals surface area contributed by atoms with Crippen molar-refractivity contribution in [2.75, 3.05) is 44.2 Å². The van der Waals surface area contributed by atoms with Crippen LogP contribution in [0.1, 0.15) is 49.1 Å². The highest BCUT2D eigenvalue weighted by atomic mass is 32.2. The second kappa shape index (κ2) is 11.2. The van der Waals surface area contributed by atoms with Crippen LogP contribution in [-0.2, 0) is 27.1 Å². The highest BCUT2D eigenvalue weighted by Crippen LogP contribution is 2.29. The average Bonchev–Trinajstić information content (AvgIpc) is 2.89. The quantitative estimate of drug-likeness (QED) is 0.602. The van der Waals surface area contributed by atoms with Crippen molar-refractivity contribution in [3.63, 3.8) is 0 Å². The zero-order valence-electron chi connectivity index (χ0n) is 20.5. The lowest BCUT2D eigenvalue weighted by atomic mass is 9.90. The monoisotopic (exact) mass is 512 g/mol. The molecular weight excluding hydrogens is 479 g/mol. The number of carbonyl (C=O) groups is 2. The molecule has 0 saturated carbocycles.